The molecular formula is C20H22ClN7OS. The van der Waals surface area contributed by atoms with E-state index in [1.807, 2.05) is 6.07 Å². The number of nitriles is 1. The van der Waals surface area contributed by atoms with Gasteiger partial charge in [-0.25, -0.2) is 9.97 Å². The van der Waals surface area contributed by atoms with Crippen LogP contribution in [0.5, 0.6) is 5.75 Å². The molecular weight excluding hydrogens is 422 g/mol. The first-order valence-corrected chi connectivity index (χ1v) is 10.2. The minimum atomic E-state index is 0. The number of hydrogen-bond donors (Lipinski definition) is 2. The van der Waals surface area contributed by atoms with E-state index >= 15 is 0 Å². The third-order valence-corrected chi connectivity index (χ3v) is 5.93. The number of thiazole rings is 1. The number of aromatic hydroxyl groups is 1. The van der Waals surface area contributed by atoms with Crippen LogP contribution >= 0.6 is 23.7 Å². The Morgan fingerprint density at radius 3 is 2.73 bits per heavy atom. The third-order valence-electron chi connectivity index (χ3n) is 4.98. The fourth-order valence-corrected chi connectivity index (χ4v) is 3.99. The van der Waals surface area contributed by atoms with E-state index in [0.29, 0.717) is 39.1 Å². The molecule has 0 radical (unpaired) electrons. The van der Waals surface area contributed by atoms with E-state index in [4.69, 9.17) is 5.26 Å². The lowest BCUT2D eigenvalue weighted by Gasteiger charge is -2.35. The molecule has 1 atom stereocenters. The van der Waals surface area contributed by atoms with Crippen molar-refractivity contribution in [1.29, 1.82) is 5.26 Å². The highest BCUT2D eigenvalue weighted by atomic mass is 35.5. The Labute approximate surface area is 185 Å². The Hall–Kier alpha value is -2.80. The molecule has 0 bridgehead atoms. The van der Waals surface area contributed by atoms with Crippen LogP contribution in [0.1, 0.15) is 18.7 Å². The van der Waals surface area contributed by atoms with Gasteiger partial charge >= 0.3 is 0 Å². The summed E-state index contributed by atoms with van der Waals surface area (Å²) in [6, 6.07) is 7.70. The Kier molecular flexibility index (Phi) is 6.82. The second-order valence-electron chi connectivity index (χ2n) is 7.27. The molecule has 3 heterocycles. The van der Waals surface area contributed by atoms with Crippen molar-refractivity contribution in [2.75, 3.05) is 24.5 Å². The number of rotatable bonds is 4. The summed E-state index contributed by atoms with van der Waals surface area (Å²) < 4.78 is 0. The molecule has 8 nitrogen and oxygen atoms in total. The molecule has 1 aliphatic rings. The molecule has 156 valence electrons. The standard InChI is InChI=1S/C20H21N7OS.ClH/c1-12(2)17-11-27(6-5-22-17)20-24-10-16(25-26-20)15-4-3-13(7-18(15)28)19-23-9-14(8-21)29-19;/h3-4,7,9-10,12,17,22,28H,5-6,11H2,1-2H3;1H/t17-;/m1./s1. The fourth-order valence-electron chi connectivity index (χ4n) is 3.28. The van der Waals surface area contributed by atoms with Gasteiger partial charge in [0.1, 0.15) is 27.4 Å². The summed E-state index contributed by atoms with van der Waals surface area (Å²) >= 11 is 1.28. The largest absolute Gasteiger partial charge is 0.507 e. The quantitative estimate of drug-likeness (QED) is 0.632. The first-order chi connectivity index (χ1) is 14.0. The summed E-state index contributed by atoms with van der Waals surface area (Å²) in [4.78, 5) is 11.4. The van der Waals surface area contributed by atoms with Gasteiger partial charge in [-0.15, -0.1) is 33.9 Å². The number of phenolic OH excluding ortho intramolecular Hbond substituents is 1. The van der Waals surface area contributed by atoms with Gasteiger partial charge in [0, 0.05) is 36.8 Å². The lowest BCUT2D eigenvalue weighted by Crippen LogP contribution is -2.53. The van der Waals surface area contributed by atoms with Crippen LogP contribution in [0, 0.1) is 17.2 Å². The zero-order valence-corrected chi connectivity index (χ0v) is 18.2. The first kappa shape index (κ1) is 21.9. The maximum absolute atomic E-state index is 10.5. The van der Waals surface area contributed by atoms with Crippen LogP contribution in [0.15, 0.2) is 30.6 Å². The molecule has 0 saturated carbocycles. The number of halogens is 1. The predicted octanol–water partition coefficient (Wildman–Crippen LogP) is 3.10. The number of benzene rings is 1. The monoisotopic (exact) mass is 443 g/mol. The zero-order chi connectivity index (χ0) is 20.4. The van der Waals surface area contributed by atoms with E-state index < -0.39 is 0 Å². The van der Waals surface area contributed by atoms with Crippen LogP contribution in [-0.4, -0.2) is 50.9 Å². The number of phenols is 1. The molecule has 3 aromatic rings. The van der Waals surface area contributed by atoms with Gasteiger partial charge in [0.2, 0.25) is 5.95 Å². The maximum atomic E-state index is 10.5. The summed E-state index contributed by atoms with van der Waals surface area (Å²) in [5, 5.41) is 32.2. The number of hydrogen-bond acceptors (Lipinski definition) is 9. The summed E-state index contributed by atoms with van der Waals surface area (Å²) in [7, 11) is 0. The van der Waals surface area contributed by atoms with E-state index in [1.54, 1.807) is 18.3 Å². The average Bonchev–Trinajstić information content (AvgIpc) is 3.23. The predicted molar refractivity (Wildman–Crippen MR) is 119 cm³/mol. The van der Waals surface area contributed by atoms with Gasteiger partial charge in [-0.05, 0) is 18.1 Å². The van der Waals surface area contributed by atoms with Crippen molar-refractivity contribution in [3.63, 3.8) is 0 Å². The van der Waals surface area contributed by atoms with Crippen LogP contribution in [0.3, 0.4) is 0 Å². The molecule has 0 unspecified atom stereocenters. The van der Waals surface area contributed by atoms with E-state index in [-0.39, 0.29) is 18.2 Å². The normalized spacial score (nSPS) is 16.2. The minimum Gasteiger partial charge on any atom is -0.507 e. The molecule has 1 aromatic carbocycles. The highest BCUT2D eigenvalue weighted by Crippen LogP contribution is 2.33. The summed E-state index contributed by atoms with van der Waals surface area (Å²) in [5.41, 5.74) is 1.80. The van der Waals surface area contributed by atoms with Crippen molar-refractivity contribution in [3.05, 3.63) is 35.5 Å². The first-order valence-electron chi connectivity index (χ1n) is 9.43. The number of anilines is 1. The van der Waals surface area contributed by atoms with Gasteiger partial charge in [0.15, 0.2) is 0 Å². The van der Waals surface area contributed by atoms with Gasteiger partial charge in [0.05, 0.1) is 12.4 Å². The molecule has 1 aliphatic heterocycles. The SMILES string of the molecule is CC(C)[C@H]1CN(c2ncc(-c3ccc(-c4ncc(C#N)s4)cc3O)nn2)CCN1.Cl. The molecule has 10 heteroatoms. The summed E-state index contributed by atoms with van der Waals surface area (Å²) in [6.45, 7) is 6.96. The highest BCUT2D eigenvalue weighted by molar-refractivity contribution is 7.15. The van der Waals surface area contributed by atoms with Crippen molar-refractivity contribution >= 4 is 29.7 Å². The zero-order valence-electron chi connectivity index (χ0n) is 16.6. The lowest BCUT2D eigenvalue weighted by molar-refractivity contribution is 0.365. The van der Waals surface area contributed by atoms with E-state index in [1.165, 1.54) is 17.5 Å². The van der Waals surface area contributed by atoms with Crippen LogP contribution in [0.25, 0.3) is 21.8 Å². The van der Waals surface area contributed by atoms with Crippen molar-refractivity contribution in [2.24, 2.45) is 5.92 Å². The van der Waals surface area contributed by atoms with Crippen molar-refractivity contribution in [3.8, 4) is 33.6 Å². The van der Waals surface area contributed by atoms with Crippen LogP contribution in [-0.2, 0) is 0 Å². The second-order valence-corrected chi connectivity index (χ2v) is 8.30. The highest BCUT2D eigenvalue weighted by Gasteiger charge is 2.23. The van der Waals surface area contributed by atoms with Crippen molar-refractivity contribution < 1.29 is 5.11 Å². The van der Waals surface area contributed by atoms with Crippen LogP contribution in [0.2, 0.25) is 0 Å². The number of nitrogens with zero attached hydrogens (tertiary/aromatic N) is 6. The number of nitrogens with one attached hydrogen (secondary N) is 1. The topological polar surface area (TPSA) is 111 Å². The van der Waals surface area contributed by atoms with Crippen molar-refractivity contribution in [2.45, 2.75) is 19.9 Å². The van der Waals surface area contributed by atoms with Gasteiger partial charge in [-0.1, -0.05) is 19.9 Å². The maximum Gasteiger partial charge on any atom is 0.245 e. The van der Waals surface area contributed by atoms with Gasteiger partial charge in [0.25, 0.3) is 0 Å². The second kappa shape index (κ2) is 9.34. The molecule has 2 aromatic heterocycles. The summed E-state index contributed by atoms with van der Waals surface area (Å²) in [6.07, 6.45) is 3.17. The van der Waals surface area contributed by atoms with Gasteiger partial charge < -0.3 is 15.3 Å². The molecule has 4 rings (SSSR count). The van der Waals surface area contributed by atoms with E-state index in [2.05, 4.69) is 50.3 Å². The molecule has 0 spiro atoms. The fraction of sp³-hybridized carbons (Fsp3) is 0.350. The average molecular weight is 444 g/mol. The summed E-state index contributed by atoms with van der Waals surface area (Å²) in [5.74, 6) is 1.20. The molecule has 1 saturated heterocycles. The Bertz CT molecular complexity index is 1050. The molecule has 1 fully saturated rings. The van der Waals surface area contributed by atoms with Crippen molar-refractivity contribution in [1.82, 2.24) is 25.5 Å². The lowest BCUT2D eigenvalue weighted by atomic mass is 10.0. The van der Waals surface area contributed by atoms with Gasteiger partial charge in [-0.2, -0.15) is 5.26 Å². The molecule has 2 N–H and O–H groups in total. The van der Waals surface area contributed by atoms with E-state index in [0.717, 1.165) is 25.2 Å². The minimum absolute atomic E-state index is 0. The van der Waals surface area contributed by atoms with Crippen LogP contribution < -0.4 is 10.2 Å². The smallest absolute Gasteiger partial charge is 0.245 e. The number of piperazine rings is 1. The van der Waals surface area contributed by atoms with E-state index in [9.17, 15) is 5.11 Å². The van der Waals surface area contributed by atoms with Crippen LogP contribution in [0.4, 0.5) is 5.95 Å². The Balaban J connectivity index is 0.00000256. The Morgan fingerprint density at radius 1 is 1.27 bits per heavy atom. The number of aromatic nitrogens is 4. The molecule has 0 amide bonds. The molecule has 0 aliphatic carbocycles. The Morgan fingerprint density at radius 2 is 2.10 bits per heavy atom. The molecule has 30 heavy (non-hydrogen) atoms. The third kappa shape index (κ3) is 4.51. The van der Waals surface area contributed by atoms with Gasteiger partial charge in [-0.3, -0.25) is 0 Å².